The molecule has 0 aliphatic rings. The van der Waals surface area contributed by atoms with E-state index in [1.54, 1.807) is 12.1 Å². The van der Waals surface area contributed by atoms with Crippen molar-refractivity contribution in [1.29, 1.82) is 5.26 Å². The smallest absolute Gasteiger partial charge is 0.338 e. The Hall–Kier alpha value is -3.03. The molecule has 4 heteroatoms. The lowest BCUT2D eigenvalue weighted by molar-refractivity contribution is 0.0513. The number of ether oxygens (including phenoxy) is 1. The third kappa shape index (κ3) is 4.33. The summed E-state index contributed by atoms with van der Waals surface area (Å²) in [6, 6.07) is 30.2. The van der Waals surface area contributed by atoms with Crippen molar-refractivity contribution in [3.8, 4) is 6.07 Å². The number of esters is 1. The summed E-state index contributed by atoms with van der Waals surface area (Å²) in [7, 11) is -0.238. The molecule has 0 bridgehead atoms. The third-order valence-corrected chi connectivity index (χ3v) is 5.96. The summed E-state index contributed by atoms with van der Waals surface area (Å²) < 4.78 is 5.08. The van der Waals surface area contributed by atoms with Crippen molar-refractivity contribution in [3.63, 3.8) is 0 Å². The molecule has 0 aliphatic heterocycles. The highest BCUT2D eigenvalue weighted by Gasteiger charge is 2.28. The van der Waals surface area contributed by atoms with Gasteiger partial charge >= 0.3 is 5.97 Å². The Morgan fingerprint density at radius 3 is 1.81 bits per heavy atom. The predicted molar refractivity (Wildman–Crippen MR) is 102 cm³/mol. The summed E-state index contributed by atoms with van der Waals surface area (Å²) in [5.74, 6) is -0.397. The average Bonchev–Trinajstić information content (AvgIpc) is 2.70. The lowest BCUT2D eigenvalue weighted by Crippen LogP contribution is -2.08. The minimum absolute atomic E-state index is 0.121. The Kier molecular flexibility index (Phi) is 6.08. The normalized spacial score (nSPS) is 10.3. The lowest BCUT2D eigenvalue weighted by Gasteiger charge is -2.08. The van der Waals surface area contributed by atoms with E-state index in [9.17, 15) is 4.79 Å². The Bertz CT molecular complexity index is 847. The molecule has 0 spiro atoms. The molecular formula is C22H18NO2S+. The fraction of sp³-hybridized carbons (Fsp3) is 0.0909. The quantitative estimate of drug-likeness (QED) is 0.359. The van der Waals surface area contributed by atoms with Crippen LogP contribution < -0.4 is 0 Å². The van der Waals surface area contributed by atoms with Gasteiger partial charge < -0.3 is 4.74 Å². The molecule has 0 unspecified atom stereocenters. The molecule has 128 valence electrons. The Balaban J connectivity index is 1.88. The molecule has 0 N–H and O–H groups in total. The van der Waals surface area contributed by atoms with Crippen LogP contribution in [0.1, 0.15) is 16.8 Å². The monoisotopic (exact) mass is 360 g/mol. The van der Waals surface area contributed by atoms with Crippen molar-refractivity contribution < 1.29 is 9.53 Å². The van der Waals surface area contributed by atoms with Crippen molar-refractivity contribution in [3.05, 3.63) is 90.5 Å². The molecule has 3 rings (SSSR count). The Labute approximate surface area is 156 Å². The summed E-state index contributed by atoms with van der Waals surface area (Å²) in [4.78, 5) is 15.6. The molecule has 3 aromatic carbocycles. The van der Waals surface area contributed by atoms with Crippen LogP contribution in [0.5, 0.6) is 0 Å². The van der Waals surface area contributed by atoms with Crippen molar-refractivity contribution >= 4 is 16.9 Å². The van der Waals surface area contributed by atoms with E-state index in [0.29, 0.717) is 5.56 Å². The molecule has 0 aromatic heterocycles. The maximum absolute atomic E-state index is 12.0. The predicted octanol–water partition coefficient (Wildman–Crippen LogP) is 4.85. The maximum Gasteiger partial charge on any atom is 0.338 e. The summed E-state index contributed by atoms with van der Waals surface area (Å²) in [6.07, 6.45) is 0.204. The molecule has 3 nitrogen and oxygen atoms in total. The molecular weight excluding hydrogens is 342 g/mol. The van der Waals surface area contributed by atoms with Gasteiger partial charge in [0, 0.05) is 0 Å². The largest absolute Gasteiger partial charge is 0.461 e. The van der Waals surface area contributed by atoms with Gasteiger partial charge in [0.2, 0.25) is 0 Å². The topological polar surface area (TPSA) is 50.1 Å². The number of hydrogen-bond acceptors (Lipinski definition) is 3. The first-order chi connectivity index (χ1) is 12.8. The number of carbonyl (C=O) groups is 1. The van der Waals surface area contributed by atoms with Crippen molar-refractivity contribution in [2.24, 2.45) is 0 Å². The molecule has 3 aromatic rings. The van der Waals surface area contributed by atoms with Gasteiger partial charge in [-0.15, -0.1) is 0 Å². The van der Waals surface area contributed by atoms with Crippen LogP contribution in [0.2, 0.25) is 0 Å². The summed E-state index contributed by atoms with van der Waals surface area (Å²) in [5, 5.41) is 8.52. The zero-order chi connectivity index (χ0) is 18.2. The maximum atomic E-state index is 12.0. The lowest BCUT2D eigenvalue weighted by atomic mass is 10.2. The van der Waals surface area contributed by atoms with Gasteiger partial charge in [0.05, 0.1) is 28.9 Å². The molecule has 0 amide bonds. The van der Waals surface area contributed by atoms with Crippen LogP contribution in [0.3, 0.4) is 0 Å². The van der Waals surface area contributed by atoms with Crippen molar-refractivity contribution in [1.82, 2.24) is 0 Å². The second-order valence-electron chi connectivity index (χ2n) is 5.50. The summed E-state index contributed by atoms with van der Waals surface area (Å²) in [5.41, 5.74) is 0.497. The molecule has 0 aliphatic carbocycles. The first-order valence-electron chi connectivity index (χ1n) is 8.28. The Morgan fingerprint density at radius 2 is 1.31 bits per heavy atom. The van der Waals surface area contributed by atoms with E-state index in [0.717, 1.165) is 4.90 Å². The first-order valence-corrected chi connectivity index (χ1v) is 9.50. The minimum Gasteiger partial charge on any atom is -0.461 e. The molecule has 0 fully saturated rings. The van der Waals surface area contributed by atoms with E-state index >= 15 is 0 Å². The van der Waals surface area contributed by atoms with Gasteiger partial charge in [-0.1, -0.05) is 36.4 Å². The number of rotatable bonds is 6. The number of nitrogens with zero attached hydrogens (tertiary/aromatic N) is 1. The van der Waals surface area contributed by atoms with E-state index in [1.165, 1.54) is 9.79 Å². The van der Waals surface area contributed by atoms with Gasteiger partial charge in [-0.05, 0) is 48.5 Å². The summed E-state index contributed by atoms with van der Waals surface area (Å²) >= 11 is 0. The van der Waals surface area contributed by atoms with Crippen LogP contribution in [0.15, 0.2) is 99.6 Å². The third-order valence-electron chi connectivity index (χ3n) is 3.73. The van der Waals surface area contributed by atoms with Crippen LogP contribution >= 0.6 is 0 Å². The SMILES string of the molecule is N#CCCOC(=O)c1ccc([S+](c2ccccc2)c2ccccc2)cc1. The van der Waals surface area contributed by atoms with Gasteiger partial charge in [0.15, 0.2) is 14.7 Å². The zero-order valence-electron chi connectivity index (χ0n) is 14.2. The van der Waals surface area contributed by atoms with Crippen LogP contribution in [0.25, 0.3) is 0 Å². The van der Waals surface area contributed by atoms with Gasteiger partial charge in [-0.3, -0.25) is 0 Å². The molecule has 0 heterocycles. The van der Waals surface area contributed by atoms with Crippen LogP contribution in [-0.4, -0.2) is 12.6 Å². The number of carbonyl (C=O) groups excluding carboxylic acids is 1. The fourth-order valence-corrected chi connectivity index (χ4v) is 4.60. The van der Waals surface area contributed by atoms with E-state index in [4.69, 9.17) is 10.00 Å². The van der Waals surface area contributed by atoms with Crippen LogP contribution in [-0.2, 0) is 15.6 Å². The average molecular weight is 360 g/mol. The van der Waals surface area contributed by atoms with Crippen LogP contribution in [0.4, 0.5) is 0 Å². The van der Waals surface area contributed by atoms with Crippen molar-refractivity contribution in [2.75, 3.05) is 6.61 Å². The molecule has 0 saturated carbocycles. The van der Waals surface area contributed by atoms with E-state index < -0.39 is 5.97 Å². The second-order valence-corrected chi connectivity index (χ2v) is 7.53. The number of hydrogen-bond donors (Lipinski definition) is 0. The Morgan fingerprint density at radius 1 is 0.808 bits per heavy atom. The zero-order valence-corrected chi connectivity index (χ0v) is 15.0. The molecule has 0 atom stereocenters. The molecule has 0 saturated heterocycles. The first kappa shape index (κ1) is 17.8. The summed E-state index contributed by atoms with van der Waals surface area (Å²) in [6.45, 7) is 0.121. The van der Waals surface area contributed by atoms with E-state index in [2.05, 4.69) is 24.3 Å². The van der Waals surface area contributed by atoms with Crippen LogP contribution in [0, 0.1) is 11.3 Å². The molecule has 26 heavy (non-hydrogen) atoms. The molecule has 0 radical (unpaired) electrons. The van der Waals surface area contributed by atoms with Gasteiger partial charge in [0.1, 0.15) is 6.61 Å². The highest BCUT2D eigenvalue weighted by Crippen LogP contribution is 2.31. The van der Waals surface area contributed by atoms with Gasteiger partial charge in [-0.25, -0.2) is 4.79 Å². The van der Waals surface area contributed by atoms with E-state index in [-0.39, 0.29) is 23.9 Å². The minimum atomic E-state index is -0.397. The highest BCUT2D eigenvalue weighted by atomic mass is 32.2. The van der Waals surface area contributed by atoms with Crippen molar-refractivity contribution in [2.45, 2.75) is 21.1 Å². The fourth-order valence-electron chi connectivity index (χ4n) is 2.52. The standard InChI is InChI=1S/C22H18NO2S/c23-16-7-17-25-22(24)18-12-14-21(15-13-18)26(19-8-3-1-4-9-19)20-10-5-2-6-11-20/h1-6,8-15H,7,17H2/q+1. The number of benzene rings is 3. The van der Waals surface area contributed by atoms with E-state index in [1.807, 2.05) is 54.6 Å². The highest BCUT2D eigenvalue weighted by molar-refractivity contribution is 7.97. The van der Waals surface area contributed by atoms with Gasteiger partial charge in [0.25, 0.3) is 0 Å². The van der Waals surface area contributed by atoms with Gasteiger partial charge in [-0.2, -0.15) is 5.26 Å². The number of nitriles is 1. The second kappa shape index (κ2) is 8.89.